The van der Waals surface area contributed by atoms with Crippen LogP contribution in [-0.4, -0.2) is 53.2 Å². The maximum atomic E-state index is 13.3. The molecule has 0 amide bonds. The third-order valence-electron chi connectivity index (χ3n) is 12.3. The molecule has 0 aliphatic rings. The van der Waals surface area contributed by atoms with Gasteiger partial charge in [0.1, 0.15) is 0 Å². The summed E-state index contributed by atoms with van der Waals surface area (Å²) in [7, 11) is 0. The SMILES string of the molecule is CCCCCC(CCCCC)CCCC(CCCCCCN(CCCN)CCCCCCCC(=O)O)(CCCC(CCCCC)CCCCC)C(=O)O. The van der Waals surface area contributed by atoms with Crippen molar-refractivity contribution in [2.24, 2.45) is 23.0 Å². The molecule has 316 valence electrons. The summed E-state index contributed by atoms with van der Waals surface area (Å²) in [6.45, 7) is 13.1. The quantitative estimate of drug-likeness (QED) is 0.0536. The summed E-state index contributed by atoms with van der Waals surface area (Å²) in [5.74, 6) is 0.321. The zero-order chi connectivity index (χ0) is 39.3. The Bertz CT molecular complexity index is 755. The van der Waals surface area contributed by atoms with E-state index < -0.39 is 17.4 Å². The molecule has 4 N–H and O–H groups in total. The van der Waals surface area contributed by atoms with Gasteiger partial charge in [0.2, 0.25) is 0 Å². The van der Waals surface area contributed by atoms with Crippen molar-refractivity contribution in [2.45, 2.75) is 246 Å². The Morgan fingerprint density at radius 2 is 0.830 bits per heavy atom. The van der Waals surface area contributed by atoms with Crippen molar-refractivity contribution in [1.29, 1.82) is 0 Å². The zero-order valence-electron chi connectivity index (χ0n) is 36.3. The first-order valence-electron chi connectivity index (χ1n) is 23.7. The molecule has 6 heteroatoms. The van der Waals surface area contributed by atoms with Gasteiger partial charge in [0.05, 0.1) is 5.41 Å². The molecular formula is C47H94N2O4. The van der Waals surface area contributed by atoms with Gasteiger partial charge in [0, 0.05) is 6.42 Å². The average molecular weight is 751 g/mol. The van der Waals surface area contributed by atoms with Crippen LogP contribution in [-0.2, 0) is 9.59 Å². The van der Waals surface area contributed by atoms with Crippen molar-refractivity contribution in [1.82, 2.24) is 4.90 Å². The molecule has 0 radical (unpaired) electrons. The second kappa shape index (κ2) is 37.8. The van der Waals surface area contributed by atoms with Crippen molar-refractivity contribution >= 4 is 11.9 Å². The Morgan fingerprint density at radius 3 is 1.23 bits per heavy atom. The van der Waals surface area contributed by atoms with E-state index in [1.54, 1.807) is 0 Å². The summed E-state index contributed by atoms with van der Waals surface area (Å²) in [5.41, 5.74) is 5.30. The van der Waals surface area contributed by atoms with Gasteiger partial charge >= 0.3 is 11.9 Å². The molecule has 0 rings (SSSR count). The molecule has 0 unspecified atom stereocenters. The number of unbranched alkanes of at least 4 members (excludes halogenated alkanes) is 15. The lowest BCUT2D eigenvalue weighted by atomic mass is 9.72. The second-order valence-electron chi connectivity index (χ2n) is 17.1. The van der Waals surface area contributed by atoms with Gasteiger partial charge in [-0.1, -0.05) is 195 Å². The Balaban J connectivity index is 5.32. The fraction of sp³-hybridized carbons (Fsp3) is 0.957. The molecule has 0 bridgehead atoms. The minimum absolute atomic E-state index is 0.285. The van der Waals surface area contributed by atoms with Crippen LogP contribution >= 0.6 is 0 Å². The van der Waals surface area contributed by atoms with Gasteiger partial charge < -0.3 is 20.8 Å². The first-order chi connectivity index (χ1) is 25.8. The molecule has 0 aromatic rings. The van der Waals surface area contributed by atoms with E-state index in [2.05, 4.69) is 32.6 Å². The average Bonchev–Trinajstić information content (AvgIpc) is 3.13. The van der Waals surface area contributed by atoms with Crippen LogP contribution in [0.3, 0.4) is 0 Å². The third-order valence-corrected chi connectivity index (χ3v) is 12.3. The van der Waals surface area contributed by atoms with E-state index in [-0.39, 0.29) is 6.42 Å². The summed E-state index contributed by atoms with van der Waals surface area (Å²) in [6.07, 6.45) is 39.1. The van der Waals surface area contributed by atoms with Crippen LogP contribution in [0, 0.1) is 17.3 Å². The normalized spacial score (nSPS) is 12.2. The van der Waals surface area contributed by atoms with Crippen LogP contribution in [0.25, 0.3) is 0 Å². The first-order valence-corrected chi connectivity index (χ1v) is 23.7. The highest BCUT2D eigenvalue weighted by molar-refractivity contribution is 5.74. The Morgan fingerprint density at radius 1 is 0.472 bits per heavy atom. The maximum Gasteiger partial charge on any atom is 0.309 e. The van der Waals surface area contributed by atoms with Crippen LogP contribution in [0.1, 0.15) is 246 Å². The third kappa shape index (κ3) is 30.7. The van der Waals surface area contributed by atoms with Gasteiger partial charge in [-0.25, -0.2) is 0 Å². The number of hydrogen-bond donors (Lipinski definition) is 3. The molecule has 0 saturated heterocycles. The summed E-state index contributed by atoms with van der Waals surface area (Å²) in [4.78, 5) is 26.6. The molecule has 6 nitrogen and oxygen atoms in total. The summed E-state index contributed by atoms with van der Waals surface area (Å²) >= 11 is 0. The van der Waals surface area contributed by atoms with Crippen LogP contribution in [0.15, 0.2) is 0 Å². The zero-order valence-corrected chi connectivity index (χ0v) is 36.3. The summed E-state index contributed by atoms with van der Waals surface area (Å²) in [5, 5.41) is 19.8. The number of carboxylic acids is 2. The molecule has 0 heterocycles. The van der Waals surface area contributed by atoms with Gasteiger partial charge in [0.25, 0.3) is 0 Å². The van der Waals surface area contributed by atoms with Gasteiger partial charge in [-0.15, -0.1) is 0 Å². The predicted molar refractivity (Wildman–Crippen MR) is 230 cm³/mol. The number of hydrogen-bond acceptors (Lipinski definition) is 4. The van der Waals surface area contributed by atoms with E-state index in [9.17, 15) is 14.7 Å². The van der Waals surface area contributed by atoms with Gasteiger partial charge in [-0.3, -0.25) is 9.59 Å². The van der Waals surface area contributed by atoms with E-state index in [1.165, 1.54) is 116 Å². The number of carboxylic acid groups (broad SMARTS) is 2. The van der Waals surface area contributed by atoms with Crippen molar-refractivity contribution in [3.63, 3.8) is 0 Å². The predicted octanol–water partition coefficient (Wildman–Crippen LogP) is 14.0. The molecule has 0 aromatic carbocycles. The second-order valence-corrected chi connectivity index (χ2v) is 17.1. The van der Waals surface area contributed by atoms with E-state index in [1.807, 2.05) is 0 Å². The monoisotopic (exact) mass is 751 g/mol. The highest BCUT2D eigenvalue weighted by atomic mass is 16.4. The van der Waals surface area contributed by atoms with Crippen molar-refractivity contribution in [2.75, 3.05) is 26.2 Å². The molecule has 0 aliphatic carbocycles. The molecule has 0 saturated carbocycles. The Labute approximate surface area is 331 Å². The smallest absolute Gasteiger partial charge is 0.309 e. The highest BCUT2D eigenvalue weighted by Gasteiger charge is 2.37. The molecule has 53 heavy (non-hydrogen) atoms. The van der Waals surface area contributed by atoms with Crippen LogP contribution < -0.4 is 5.73 Å². The first kappa shape index (κ1) is 51.9. The van der Waals surface area contributed by atoms with Crippen LogP contribution in [0.4, 0.5) is 0 Å². The highest BCUT2D eigenvalue weighted by Crippen LogP contribution is 2.39. The number of nitrogens with two attached hydrogens (primary N) is 1. The lowest BCUT2D eigenvalue weighted by Gasteiger charge is -2.31. The molecular weight excluding hydrogens is 657 g/mol. The minimum Gasteiger partial charge on any atom is -0.481 e. The Kier molecular flexibility index (Phi) is 37.0. The van der Waals surface area contributed by atoms with Gasteiger partial charge in [-0.2, -0.15) is 0 Å². The van der Waals surface area contributed by atoms with Crippen LogP contribution in [0.5, 0.6) is 0 Å². The lowest BCUT2D eigenvalue weighted by molar-refractivity contribution is -0.151. The lowest BCUT2D eigenvalue weighted by Crippen LogP contribution is -2.32. The number of rotatable bonds is 43. The minimum atomic E-state index is -0.689. The number of carbonyl (C=O) groups is 2. The maximum absolute atomic E-state index is 13.3. The molecule has 0 atom stereocenters. The number of nitrogens with zero attached hydrogens (tertiary/aromatic N) is 1. The fourth-order valence-corrected chi connectivity index (χ4v) is 8.70. The molecule has 0 aliphatic heterocycles. The van der Waals surface area contributed by atoms with E-state index >= 15 is 0 Å². The van der Waals surface area contributed by atoms with Gasteiger partial charge in [-0.05, 0) is 83.0 Å². The standard InChI is InChI=1S/C47H94N2O4/c1-5-9-18-29-43(30-19-10-6-2)33-26-37-47(46(52)53,38-27-34-44(31-20-11-7-3)32-21-12-8-4)36-23-15-17-25-41-49(42-28-39-48)40-24-16-13-14-22-35-45(50)51/h43-44H,5-42,48H2,1-4H3,(H,50,51)(H,52,53). The van der Waals surface area contributed by atoms with Crippen molar-refractivity contribution in [3.8, 4) is 0 Å². The fourth-order valence-electron chi connectivity index (χ4n) is 8.70. The van der Waals surface area contributed by atoms with E-state index in [0.29, 0.717) is 0 Å². The number of aliphatic carboxylic acids is 2. The summed E-state index contributed by atoms with van der Waals surface area (Å²) in [6, 6.07) is 0. The topological polar surface area (TPSA) is 104 Å². The van der Waals surface area contributed by atoms with Crippen LogP contribution in [0.2, 0.25) is 0 Å². The largest absolute Gasteiger partial charge is 0.481 e. The molecule has 0 fully saturated rings. The van der Waals surface area contributed by atoms with Crippen molar-refractivity contribution < 1.29 is 19.8 Å². The van der Waals surface area contributed by atoms with E-state index in [0.717, 1.165) is 134 Å². The van der Waals surface area contributed by atoms with E-state index in [4.69, 9.17) is 10.8 Å². The van der Waals surface area contributed by atoms with Crippen molar-refractivity contribution in [3.05, 3.63) is 0 Å². The summed E-state index contributed by atoms with van der Waals surface area (Å²) < 4.78 is 0. The van der Waals surface area contributed by atoms with Gasteiger partial charge in [0.15, 0.2) is 0 Å². The Hall–Kier alpha value is -1.14. The molecule has 0 aromatic heterocycles. The molecule has 0 spiro atoms.